The molecule has 5 rings (SSSR count). The van der Waals surface area contributed by atoms with Crippen molar-refractivity contribution in [3.8, 4) is 5.75 Å². The van der Waals surface area contributed by atoms with E-state index in [9.17, 15) is 15.0 Å². The fourth-order valence-electron chi connectivity index (χ4n) is 5.34. The molecular weight excluding hydrogens is 552 g/mol. The molecule has 1 saturated heterocycles. The van der Waals surface area contributed by atoms with E-state index in [0.29, 0.717) is 61.0 Å². The van der Waals surface area contributed by atoms with E-state index in [0.717, 1.165) is 47.4 Å². The number of hydrogen-bond acceptors (Lipinski definition) is 8. The third-order valence-electron chi connectivity index (χ3n) is 7.31. The van der Waals surface area contributed by atoms with Crippen LogP contribution >= 0.6 is 23.8 Å². The van der Waals surface area contributed by atoms with Gasteiger partial charge in [0.05, 0.1) is 48.6 Å². The Morgan fingerprint density at radius 3 is 2.52 bits per heavy atom. The monoisotopic (exact) mass is 586 g/mol. The first-order valence-corrected chi connectivity index (χ1v) is 14.4. The van der Waals surface area contributed by atoms with Crippen molar-refractivity contribution in [1.29, 1.82) is 0 Å². The lowest BCUT2D eigenvalue weighted by molar-refractivity contribution is 0.0341. The van der Waals surface area contributed by atoms with E-state index in [1.54, 1.807) is 12.1 Å². The van der Waals surface area contributed by atoms with Gasteiger partial charge in [-0.05, 0) is 35.4 Å². The van der Waals surface area contributed by atoms with Gasteiger partial charge in [-0.15, -0.1) is 0 Å². The number of carbonyl (C=O) groups excluding carboxylic acids is 1. The first-order valence-electron chi connectivity index (χ1n) is 13.6. The van der Waals surface area contributed by atoms with Crippen molar-refractivity contribution in [1.82, 2.24) is 19.7 Å². The maximum absolute atomic E-state index is 13.4. The van der Waals surface area contributed by atoms with Crippen LogP contribution in [0.3, 0.4) is 0 Å². The number of aliphatic hydroxyl groups excluding tert-OH is 2. The zero-order valence-corrected chi connectivity index (χ0v) is 23.9. The molecule has 0 bridgehead atoms. The Kier molecular flexibility index (Phi) is 9.69. The van der Waals surface area contributed by atoms with Gasteiger partial charge < -0.3 is 29.6 Å². The number of benzene rings is 2. The highest BCUT2D eigenvalue weighted by atomic mass is 35.5. The average molecular weight is 587 g/mol. The van der Waals surface area contributed by atoms with Crippen LogP contribution in [0, 0.1) is 4.51 Å². The lowest BCUT2D eigenvalue weighted by Gasteiger charge is -2.33. The molecule has 3 heterocycles. The molecule has 1 amide bonds. The van der Waals surface area contributed by atoms with Gasteiger partial charge in [-0.3, -0.25) is 14.6 Å². The molecule has 3 aromatic rings. The minimum Gasteiger partial charge on any atom is -0.485 e. The number of carbonyl (C=O) groups is 1. The van der Waals surface area contributed by atoms with Gasteiger partial charge in [-0.25, -0.2) is 0 Å². The Hall–Kier alpha value is -2.57. The fraction of sp³-hybridized carbons (Fsp3) is 0.448. The smallest absolute Gasteiger partial charge is 0.254 e. The quantitative estimate of drug-likeness (QED) is 0.295. The molecule has 3 N–H and O–H groups in total. The van der Waals surface area contributed by atoms with Crippen LogP contribution in [-0.2, 0) is 24.4 Å². The van der Waals surface area contributed by atoms with E-state index in [4.69, 9.17) is 33.3 Å². The van der Waals surface area contributed by atoms with Crippen LogP contribution in [0.1, 0.15) is 21.5 Å². The predicted molar refractivity (Wildman–Crippen MR) is 157 cm³/mol. The summed E-state index contributed by atoms with van der Waals surface area (Å²) in [6, 6.07) is 11.5. The minimum absolute atomic E-state index is 0.00697. The molecule has 9 nitrogen and oxygen atoms in total. The van der Waals surface area contributed by atoms with Gasteiger partial charge in [-0.2, -0.15) is 0 Å². The van der Waals surface area contributed by atoms with Gasteiger partial charge in [0.25, 0.3) is 5.91 Å². The minimum atomic E-state index is -0.240. The van der Waals surface area contributed by atoms with Crippen LogP contribution in [0.4, 0.5) is 0 Å². The predicted octanol–water partition coefficient (Wildman–Crippen LogP) is 2.83. The van der Waals surface area contributed by atoms with Crippen LogP contribution < -0.4 is 10.1 Å². The lowest BCUT2D eigenvalue weighted by atomic mass is 10.0. The van der Waals surface area contributed by atoms with Crippen molar-refractivity contribution in [2.45, 2.75) is 25.7 Å². The Morgan fingerprint density at radius 2 is 1.82 bits per heavy atom. The fourth-order valence-corrected chi connectivity index (χ4v) is 5.77. The van der Waals surface area contributed by atoms with E-state index >= 15 is 0 Å². The SMILES string of the molecule is O=C(NCc1ccc(Cl)cc1)c1cn2c3c(cc(CN4CCOCC4)cc3c1=S)OC(CN(CCO)CCO)C2. The highest BCUT2D eigenvalue weighted by Gasteiger charge is 2.27. The van der Waals surface area contributed by atoms with Crippen molar-refractivity contribution < 1.29 is 24.5 Å². The number of aliphatic hydroxyl groups is 2. The number of pyridine rings is 1. The number of ether oxygens (including phenoxy) is 2. The van der Waals surface area contributed by atoms with E-state index in [2.05, 4.69) is 26.9 Å². The molecule has 0 spiro atoms. The van der Waals surface area contributed by atoms with Gasteiger partial charge >= 0.3 is 0 Å². The number of nitrogens with one attached hydrogen (secondary N) is 1. The van der Waals surface area contributed by atoms with E-state index < -0.39 is 0 Å². The van der Waals surface area contributed by atoms with Crippen LogP contribution in [0.15, 0.2) is 42.6 Å². The third kappa shape index (κ3) is 6.83. The standard InChI is InChI=1S/C29H35ClN4O5S/c30-22-3-1-20(2-4-22)15-31-29(37)25-19-34-18-23(17-32(5-9-35)6-10-36)39-26-14-21(13-24(27(26)34)28(25)40)16-33-7-11-38-12-8-33/h1-4,13-14,19,23,35-36H,5-12,15-18H2,(H,31,37). The maximum atomic E-state index is 13.4. The normalized spacial score (nSPS) is 17.2. The molecule has 0 saturated carbocycles. The molecule has 11 heteroatoms. The number of aromatic nitrogens is 1. The number of halogens is 1. The maximum Gasteiger partial charge on any atom is 0.254 e. The molecule has 1 fully saturated rings. The van der Waals surface area contributed by atoms with Gasteiger partial charge in [0.2, 0.25) is 0 Å². The molecule has 40 heavy (non-hydrogen) atoms. The molecule has 2 aliphatic rings. The second-order valence-electron chi connectivity index (χ2n) is 10.2. The molecule has 214 valence electrons. The molecule has 1 aromatic heterocycles. The number of morpholine rings is 1. The van der Waals surface area contributed by atoms with Crippen molar-refractivity contribution in [2.75, 3.05) is 59.2 Å². The van der Waals surface area contributed by atoms with E-state index in [-0.39, 0.29) is 25.2 Å². The molecule has 0 aliphatic carbocycles. The Labute approximate surface area is 243 Å². The largest absolute Gasteiger partial charge is 0.485 e. The van der Waals surface area contributed by atoms with Crippen molar-refractivity contribution in [2.24, 2.45) is 0 Å². The first kappa shape index (κ1) is 28.9. The van der Waals surface area contributed by atoms with Gasteiger partial charge in [0.1, 0.15) is 11.9 Å². The summed E-state index contributed by atoms with van der Waals surface area (Å²) in [6.07, 6.45) is 1.59. The Bertz CT molecular complexity index is 1390. The van der Waals surface area contributed by atoms with Crippen molar-refractivity contribution >= 4 is 40.6 Å². The van der Waals surface area contributed by atoms with E-state index in [1.165, 1.54) is 0 Å². The zero-order chi connectivity index (χ0) is 28.1. The second-order valence-corrected chi connectivity index (χ2v) is 11.0. The first-order chi connectivity index (χ1) is 19.4. The zero-order valence-electron chi connectivity index (χ0n) is 22.4. The summed E-state index contributed by atoms with van der Waals surface area (Å²) in [4.78, 5) is 17.7. The Morgan fingerprint density at radius 1 is 1.10 bits per heavy atom. The third-order valence-corrected chi connectivity index (χ3v) is 8.00. The lowest BCUT2D eigenvalue weighted by Crippen LogP contribution is -2.42. The Balaban J connectivity index is 1.48. The number of hydrogen-bond donors (Lipinski definition) is 3. The van der Waals surface area contributed by atoms with Gasteiger partial charge in [-0.1, -0.05) is 36.0 Å². The number of amides is 1. The highest BCUT2D eigenvalue weighted by molar-refractivity contribution is 7.71. The molecule has 2 aromatic carbocycles. The molecule has 2 aliphatic heterocycles. The molecule has 1 unspecified atom stereocenters. The highest BCUT2D eigenvalue weighted by Crippen LogP contribution is 2.35. The molecule has 1 atom stereocenters. The number of rotatable bonds is 11. The summed E-state index contributed by atoms with van der Waals surface area (Å²) in [5.41, 5.74) is 3.31. The summed E-state index contributed by atoms with van der Waals surface area (Å²) in [6.45, 7) is 6.08. The summed E-state index contributed by atoms with van der Waals surface area (Å²) >= 11 is 11.9. The van der Waals surface area contributed by atoms with Crippen molar-refractivity contribution in [3.63, 3.8) is 0 Å². The summed E-state index contributed by atoms with van der Waals surface area (Å²) in [5, 5.41) is 23.5. The summed E-state index contributed by atoms with van der Waals surface area (Å²) in [7, 11) is 0. The summed E-state index contributed by atoms with van der Waals surface area (Å²) in [5.74, 6) is 0.486. The van der Waals surface area contributed by atoms with Crippen LogP contribution in [0.2, 0.25) is 5.02 Å². The number of nitrogens with zero attached hydrogens (tertiary/aromatic N) is 3. The summed E-state index contributed by atoms with van der Waals surface area (Å²) < 4.78 is 14.6. The van der Waals surface area contributed by atoms with Crippen molar-refractivity contribution in [3.05, 3.63) is 68.8 Å². The van der Waals surface area contributed by atoms with E-state index in [1.807, 2.05) is 23.2 Å². The second kappa shape index (κ2) is 13.4. The molecular formula is C29H35ClN4O5S. The van der Waals surface area contributed by atoms with Gasteiger partial charge in [0, 0.05) is 62.4 Å². The van der Waals surface area contributed by atoms with Gasteiger partial charge in [0.15, 0.2) is 0 Å². The topological polar surface area (TPSA) is 99.4 Å². The van der Waals surface area contributed by atoms with Crippen LogP contribution in [0.5, 0.6) is 5.75 Å². The van der Waals surface area contributed by atoms with Crippen LogP contribution in [-0.4, -0.2) is 95.7 Å². The molecule has 0 radical (unpaired) electrons. The van der Waals surface area contributed by atoms with Crippen LogP contribution in [0.25, 0.3) is 10.9 Å². The average Bonchev–Trinajstić information content (AvgIpc) is 2.95.